The number of amides is 3. The quantitative estimate of drug-likeness (QED) is 0.582. The fourth-order valence-electron chi connectivity index (χ4n) is 3.44. The van der Waals surface area contributed by atoms with Gasteiger partial charge in [-0.05, 0) is 36.6 Å². The summed E-state index contributed by atoms with van der Waals surface area (Å²) in [6, 6.07) is 11.7. The van der Waals surface area contributed by atoms with E-state index in [1.165, 1.54) is 0 Å². The van der Waals surface area contributed by atoms with Crippen molar-refractivity contribution in [2.45, 2.75) is 44.3 Å². The summed E-state index contributed by atoms with van der Waals surface area (Å²) >= 11 is 18.3. The predicted molar refractivity (Wildman–Crippen MR) is 117 cm³/mol. The summed E-state index contributed by atoms with van der Waals surface area (Å²) < 4.78 is 0. The van der Waals surface area contributed by atoms with Crippen molar-refractivity contribution in [2.75, 3.05) is 0 Å². The zero-order valence-corrected chi connectivity index (χ0v) is 17.9. The fraction of sp³-hybridized carbons (Fsp3) is 0.333. The van der Waals surface area contributed by atoms with E-state index in [1.54, 1.807) is 24.3 Å². The summed E-state index contributed by atoms with van der Waals surface area (Å²) in [5.41, 5.74) is 1.17. The van der Waals surface area contributed by atoms with E-state index in [0.717, 1.165) is 31.2 Å². The molecule has 5 nitrogen and oxygen atoms in total. The highest BCUT2D eigenvalue weighted by molar-refractivity contribution is 6.43. The number of nitrogens with one attached hydrogen (secondary N) is 3. The lowest BCUT2D eigenvalue weighted by Gasteiger charge is -2.33. The SMILES string of the molecule is O=C(NCc1ccccc1Cl)NC1CCCCC1NC(=O)c1cccc(Cl)c1Cl. The van der Waals surface area contributed by atoms with E-state index in [4.69, 9.17) is 34.8 Å². The number of halogens is 3. The summed E-state index contributed by atoms with van der Waals surface area (Å²) in [7, 11) is 0. The maximum Gasteiger partial charge on any atom is 0.315 e. The van der Waals surface area contributed by atoms with Crippen LogP contribution in [0.15, 0.2) is 42.5 Å². The number of carbonyl (C=O) groups excluding carboxylic acids is 2. The van der Waals surface area contributed by atoms with E-state index in [0.29, 0.717) is 22.2 Å². The van der Waals surface area contributed by atoms with Gasteiger partial charge in [-0.1, -0.05) is 71.9 Å². The lowest BCUT2D eigenvalue weighted by Crippen LogP contribution is -2.55. The highest BCUT2D eigenvalue weighted by Crippen LogP contribution is 2.26. The monoisotopic (exact) mass is 453 g/mol. The topological polar surface area (TPSA) is 70.2 Å². The van der Waals surface area contributed by atoms with Gasteiger partial charge in [0.2, 0.25) is 0 Å². The molecule has 0 bridgehead atoms. The number of rotatable bonds is 5. The Morgan fingerprint density at radius 2 is 1.52 bits per heavy atom. The number of benzene rings is 2. The van der Waals surface area contributed by atoms with Crippen LogP contribution >= 0.6 is 34.8 Å². The van der Waals surface area contributed by atoms with Gasteiger partial charge in [-0.2, -0.15) is 0 Å². The van der Waals surface area contributed by atoms with Crippen LogP contribution in [0.3, 0.4) is 0 Å². The molecule has 0 aromatic heterocycles. The second-order valence-electron chi connectivity index (χ2n) is 6.99. The van der Waals surface area contributed by atoms with Gasteiger partial charge in [0.15, 0.2) is 0 Å². The third-order valence-electron chi connectivity index (χ3n) is 4.99. The van der Waals surface area contributed by atoms with Crippen LogP contribution in [0.5, 0.6) is 0 Å². The van der Waals surface area contributed by atoms with Crippen LogP contribution < -0.4 is 16.0 Å². The Morgan fingerprint density at radius 1 is 0.862 bits per heavy atom. The van der Waals surface area contributed by atoms with E-state index < -0.39 is 0 Å². The highest BCUT2D eigenvalue weighted by Gasteiger charge is 2.28. The molecule has 0 heterocycles. The third-order valence-corrected chi connectivity index (χ3v) is 6.18. The maximum atomic E-state index is 12.7. The molecule has 0 spiro atoms. The third kappa shape index (κ3) is 5.78. The first-order chi connectivity index (χ1) is 14.0. The van der Waals surface area contributed by atoms with Crippen LogP contribution in [0.2, 0.25) is 15.1 Å². The molecule has 1 aliphatic carbocycles. The molecule has 1 fully saturated rings. The van der Waals surface area contributed by atoms with Crippen molar-refractivity contribution >= 4 is 46.7 Å². The van der Waals surface area contributed by atoms with E-state index in [9.17, 15) is 9.59 Å². The minimum absolute atomic E-state index is 0.170. The highest BCUT2D eigenvalue weighted by atomic mass is 35.5. The molecule has 8 heteroatoms. The summed E-state index contributed by atoms with van der Waals surface area (Å²) in [6.45, 7) is 0.327. The molecule has 2 aromatic rings. The minimum atomic E-state index is -0.298. The van der Waals surface area contributed by atoms with E-state index in [1.807, 2.05) is 18.2 Å². The molecular formula is C21H22Cl3N3O2. The van der Waals surface area contributed by atoms with Crippen LogP contribution in [0.25, 0.3) is 0 Å². The fourth-order valence-corrected chi connectivity index (χ4v) is 4.03. The van der Waals surface area contributed by atoms with Gasteiger partial charge in [-0.25, -0.2) is 4.79 Å². The Hall–Kier alpha value is -1.95. The van der Waals surface area contributed by atoms with Crippen molar-refractivity contribution in [1.82, 2.24) is 16.0 Å². The van der Waals surface area contributed by atoms with Crippen LogP contribution in [-0.4, -0.2) is 24.0 Å². The number of carbonyl (C=O) groups is 2. The Bertz CT molecular complexity index is 891. The second kappa shape index (κ2) is 10.2. The van der Waals surface area contributed by atoms with Gasteiger partial charge < -0.3 is 16.0 Å². The predicted octanol–water partition coefficient (Wildman–Crippen LogP) is 5.19. The normalized spacial score (nSPS) is 18.7. The molecule has 0 radical (unpaired) electrons. The zero-order valence-electron chi connectivity index (χ0n) is 15.7. The lowest BCUT2D eigenvalue weighted by atomic mass is 9.90. The standard InChI is InChI=1S/C21H22Cl3N3O2/c22-15-8-2-1-6-13(15)12-25-21(29)27-18-11-4-3-10-17(18)26-20(28)14-7-5-9-16(23)19(14)24/h1-2,5-9,17-18H,3-4,10-12H2,(H,26,28)(H2,25,27,29). The Balaban J connectivity index is 1.59. The second-order valence-corrected chi connectivity index (χ2v) is 8.18. The van der Waals surface area contributed by atoms with Crippen molar-refractivity contribution in [3.8, 4) is 0 Å². The van der Waals surface area contributed by atoms with Crippen LogP contribution in [0.4, 0.5) is 4.79 Å². The summed E-state index contributed by atoms with van der Waals surface area (Å²) in [5.74, 6) is -0.298. The summed E-state index contributed by atoms with van der Waals surface area (Å²) in [6.07, 6.45) is 3.53. The molecule has 0 saturated heterocycles. The molecule has 0 aliphatic heterocycles. The van der Waals surface area contributed by atoms with Gasteiger partial charge in [0.1, 0.15) is 0 Å². The van der Waals surface area contributed by atoms with Gasteiger partial charge >= 0.3 is 6.03 Å². The maximum absolute atomic E-state index is 12.7. The van der Waals surface area contributed by atoms with Gasteiger partial charge in [-0.15, -0.1) is 0 Å². The number of urea groups is 1. The Labute approximate surface area is 185 Å². The van der Waals surface area contributed by atoms with Crippen LogP contribution in [0, 0.1) is 0 Å². The van der Waals surface area contributed by atoms with Gasteiger partial charge in [0, 0.05) is 17.6 Å². The molecule has 3 amide bonds. The van der Waals surface area contributed by atoms with Crippen LogP contribution in [0.1, 0.15) is 41.6 Å². The molecule has 3 rings (SSSR count). The average Bonchev–Trinajstić information content (AvgIpc) is 2.71. The first kappa shape index (κ1) is 21.8. The molecule has 1 saturated carbocycles. The van der Waals surface area contributed by atoms with Crippen molar-refractivity contribution < 1.29 is 9.59 Å². The van der Waals surface area contributed by atoms with E-state index in [-0.39, 0.29) is 29.0 Å². The molecular weight excluding hydrogens is 433 g/mol. The minimum Gasteiger partial charge on any atom is -0.347 e. The molecule has 154 valence electrons. The summed E-state index contributed by atoms with van der Waals surface area (Å²) in [4.78, 5) is 25.0. The lowest BCUT2D eigenvalue weighted by molar-refractivity contribution is 0.0916. The molecule has 2 aromatic carbocycles. The average molecular weight is 455 g/mol. The molecule has 3 N–H and O–H groups in total. The van der Waals surface area contributed by atoms with E-state index >= 15 is 0 Å². The molecule has 29 heavy (non-hydrogen) atoms. The van der Waals surface area contributed by atoms with Crippen molar-refractivity contribution in [2.24, 2.45) is 0 Å². The first-order valence-corrected chi connectivity index (χ1v) is 10.6. The van der Waals surface area contributed by atoms with Crippen molar-refractivity contribution in [3.05, 3.63) is 68.7 Å². The molecule has 2 unspecified atom stereocenters. The van der Waals surface area contributed by atoms with Crippen molar-refractivity contribution in [1.29, 1.82) is 0 Å². The Kier molecular flexibility index (Phi) is 7.64. The first-order valence-electron chi connectivity index (χ1n) is 9.48. The van der Waals surface area contributed by atoms with Gasteiger partial charge in [-0.3, -0.25) is 4.79 Å². The smallest absolute Gasteiger partial charge is 0.315 e. The van der Waals surface area contributed by atoms with Crippen LogP contribution in [-0.2, 0) is 6.54 Å². The van der Waals surface area contributed by atoms with Gasteiger partial charge in [0.05, 0.1) is 21.7 Å². The number of hydrogen-bond acceptors (Lipinski definition) is 2. The van der Waals surface area contributed by atoms with E-state index in [2.05, 4.69) is 16.0 Å². The molecule has 2 atom stereocenters. The zero-order chi connectivity index (χ0) is 20.8. The van der Waals surface area contributed by atoms with Crippen molar-refractivity contribution in [3.63, 3.8) is 0 Å². The summed E-state index contributed by atoms with van der Waals surface area (Å²) in [5, 5.41) is 9.96. The van der Waals surface area contributed by atoms with Gasteiger partial charge in [0.25, 0.3) is 5.91 Å². The largest absolute Gasteiger partial charge is 0.347 e. The number of hydrogen-bond donors (Lipinski definition) is 3. The molecule has 1 aliphatic rings. The Morgan fingerprint density at radius 3 is 2.24 bits per heavy atom.